The van der Waals surface area contributed by atoms with Crippen molar-refractivity contribution >= 4 is 40.1 Å². The van der Waals surface area contributed by atoms with E-state index in [-0.39, 0.29) is 23.5 Å². The summed E-state index contributed by atoms with van der Waals surface area (Å²) < 4.78 is 23.5. The maximum absolute atomic E-state index is 13.8. The third-order valence-electron chi connectivity index (χ3n) is 10.3. The zero-order chi connectivity index (χ0) is 42.5. The van der Waals surface area contributed by atoms with Gasteiger partial charge >= 0.3 is 0 Å². The topological polar surface area (TPSA) is 133 Å². The maximum atomic E-state index is 13.8. The molecule has 3 N–H and O–H groups in total. The van der Waals surface area contributed by atoms with Crippen LogP contribution >= 0.6 is 0 Å². The van der Waals surface area contributed by atoms with Gasteiger partial charge in [-0.1, -0.05) is 36.4 Å². The van der Waals surface area contributed by atoms with E-state index in [9.17, 15) is 14.7 Å². The third kappa shape index (κ3) is 11.3. The minimum absolute atomic E-state index is 0.133. The number of hydrogen-bond acceptors (Lipinski definition) is 9. The van der Waals surface area contributed by atoms with Crippen LogP contribution in [0.3, 0.4) is 0 Å². The number of nitrogens with two attached hydrogens (primary N) is 1. The zero-order valence-corrected chi connectivity index (χ0v) is 35.0. The second kappa shape index (κ2) is 20.8. The Morgan fingerprint density at radius 3 is 2.10 bits per heavy atom. The molecule has 1 aliphatic heterocycles. The number of aliphatic imine (C=N–C) groups is 1. The number of carbonyl (C=O) groups is 2. The summed E-state index contributed by atoms with van der Waals surface area (Å²) in [5.41, 5.74) is 14.0. The van der Waals surface area contributed by atoms with E-state index in [4.69, 9.17) is 24.7 Å². The number of nitrogens with zero attached hydrogens (tertiary/aromatic N) is 2. The summed E-state index contributed by atoms with van der Waals surface area (Å²) in [5, 5.41) is 9.70. The highest BCUT2D eigenvalue weighted by Crippen LogP contribution is 2.37. The van der Waals surface area contributed by atoms with Crippen molar-refractivity contribution in [3.63, 3.8) is 0 Å². The SMILES string of the molecule is C=CC1CC(c2ccc(O)cc2)=CN1C(=O)c1cc(OC)c(OCCCCCOc2cc(N=C=C(C)CC/C(=C\C)c3ccc(N)cc3)c(C(C)=O)cc2OC)cc1C. The number of methoxy groups -OCH3 is 2. The molecule has 0 aliphatic carbocycles. The number of carbonyl (C=O) groups excluding carboxylic acids is 2. The molecule has 1 aliphatic rings. The number of Topliss-reactive ketones (excluding diaryl/α,β-unsaturated/α-hetero) is 1. The first-order valence-corrected chi connectivity index (χ1v) is 19.9. The second-order valence-corrected chi connectivity index (χ2v) is 14.5. The quantitative estimate of drug-likeness (QED) is 0.0315. The molecule has 0 bridgehead atoms. The van der Waals surface area contributed by atoms with Crippen LogP contribution < -0.4 is 24.7 Å². The Balaban J connectivity index is 1.15. The Morgan fingerprint density at radius 2 is 1.51 bits per heavy atom. The van der Waals surface area contributed by atoms with Crippen molar-refractivity contribution in [3.05, 3.63) is 131 Å². The molecular weight excluding hydrogens is 743 g/mol. The summed E-state index contributed by atoms with van der Waals surface area (Å²) in [6.07, 6.45) is 10.3. The molecule has 1 heterocycles. The molecule has 10 heteroatoms. The van der Waals surface area contributed by atoms with Gasteiger partial charge in [-0.05, 0) is 148 Å². The largest absolute Gasteiger partial charge is 0.508 e. The summed E-state index contributed by atoms with van der Waals surface area (Å²) in [4.78, 5) is 32.7. The van der Waals surface area contributed by atoms with Gasteiger partial charge in [0.05, 0.1) is 39.2 Å². The number of aromatic hydroxyl groups is 1. The molecular formula is C49H55N3O7. The first kappa shape index (κ1) is 43.6. The molecule has 4 aromatic rings. The number of phenolic OH excluding ortho intramolecular Hbond substituents is 1. The zero-order valence-electron chi connectivity index (χ0n) is 35.0. The van der Waals surface area contributed by atoms with Crippen molar-refractivity contribution in [2.75, 3.05) is 33.2 Å². The molecule has 0 fully saturated rings. The van der Waals surface area contributed by atoms with Gasteiger partial charge in [0.1, 0.15) is 5.75 Å². The average molecular weight is 798 g/mol. The average Bonchev–Trinajstić information content (AvgIpc) is 3.68. The van der Waals surface area contributed by atoms with Gasteiger partial charge in [0.25, 0.3) is 5.91 Å². The van der Waals surface area contributed by atoms with E-state index in [0.29, 0.717) is 59.4 Å². The van der Waals surface area contributed by atoms with Crippen molar-refractivity contribution in [3.8, 4) is 28.7 Å². The van der Waals surface area contributed by atoms with Gasteiger partial charge in [0.15, 0.2) is 28.8 Å². The number of ether oxygens (including phenoxy) is 4. The Labute approximate surface area is 348 Å². The van der Waals surface area contributed by atoms with Gasteiger partial charge in [0.2, 0.25) is 0 Å². The van der Waals surface area contributed by atoms with Crippen LogP contribution in [0.2, 0.25) is 0 Å². The first-order chi connectivity index (χ1) is 28.5. The smallest absolute Gasteiger partial charge is 0.258 e. The van der Waals surface area contributed by atoms with E-state index in [0.717, 1.165) is 65.6 Å². The minimum atomic E-state index is -0.200. The number of aryl methyl sites for hydroxylation is 1. The molecule has 59 heavy (non-hydrogen) atoms. The Kier molecular flexibility index (Phi) is 15.4. The lowest BCUT2D eigenvalue weighted by Crippen LogP contribution is -2.31. The number of allylic oxidation sites excluding steroid dienone is 3. The predicted molar refractivity (Wildman–Crippen MR) is 236 cm³/mol. The number of amides is 1. The summed E-state index contributed by atoms with van der Waals surface area (Å²) in [7, 11) is 3.11. The van der Waals surface area contributed by atoms with Crippen LogP contribution in [-0.4, -0.2) is 61.0 Å². The van der Waals surface area contributed by atoms with Crippen LogP contribution in [0.5, 0.6) is 28.7 Å². The molecule has 0 radical (unpaired) electrons. The fourth-order valence-corrected chi connectivity index (χ4v) is 6.84. The lowest BCUT2D eigenvalue weighted by molar-refractivity contribution is 0.0805. The summed E-state index contributed by atoms with van der Waals surface area (Å²) in [6.45, 7) is 12.2. The fraction of sp³-hybridized carbons (Fsp3) is 0.306. The monoisotopic (exact) mass is 797 g/mol. The number of benzene rings is 4. The number of unbranched alkanes of at least 4 members (excludes halogenated alkanes) is 2. The van der Waals surface area contributed by atoms with E-state index < -0.39 is 0 Å². The Morgan fingerprint density at radius 1 is 0.881 bits per heavy atom. The molecule has 5 rings (SSSR count). The van der Waals surface area contributed by atoms with Crippen LogP contribution in [0.25, 0.3) is 11.1 Å². The second-order valence-electron chi connectivity index (χ2n) is 14.5. The van der Waals surface area contributed by atoms with Gasteiger partial charge in [-0.25, -0.2) is 4.99 Å². The van der Waals surface area contributed by atoms with Crippen LogP contribution in [-0.2, 0) is 0 Å². The maximum Gasteiger partial charge on any atom is 0.258 e. The summed E-state index contributed by atoms with van der Waals surface area (Å²) in [5.74, 6) is 5.04. The van der Waals surface area contributed by atoms with Crippen molar-refractivity contribution < 1.29 is 33.6 Å². The lowest BCUT2D eigenvalue weighted by atomic mass is 9.99. The number of rotatable bonds is 19. The Hall–Kier alpha value is -6.51. The normalized spacial score (nSPS) is 13.6. The number of phenols is 1. The molecule has 0 saturated heterocycles. The van der Waals surface area contributed by atoms with E-state index >= 15 is 0 Å². The van der Waals surface area contributed by atoms with Gasteiger partial charge in [-0.15, -0.1) is 6.58 Å². The summed E-state index contributed by atoms with van der Waals surface area (Å²) in [6, 6.07) is 21.6. The Bertz CT molecular complexity index is 2270. The number of anilines is 1. The molecule has 1 unspecified atom stereocenters. The number of ketones is 1. The molecule has 10 nitrogen and oxygen atoms in total. The highest BCUT2D eigenvalue weighted by Gasteiger charge is 2.30. The standard InChI is InChI=1S/C49H55N3O7/c1-8-35(36-15-19-39(50)20-16-36)14-13-32(3)30-51-44-29-48(46(57-7)28-43(44)34(5)53)59-24-12-10-11-23-58-47-25-33(4)42(27-45(47)56-6)49(55)52-31-38(26-40(52)9-2)37-17-21-41(54)22-18-37/h8-9,15-22,25,27-29,31,40,54H,2,10-14,23-24,26,50H2,1,3-7H3/b35-8+. The highest BCUT2D eigenvalue weighted by atomic mass is 16.5. The van der Waals surface area contributed by atoms with Gasteiger partial charge in [-0.2, -0.15) is 0 Å². The van der Waals surface area contributed by atoms with Crippen LogP contribution in [0.15, 0.2) is 108 Å². The van der Waals surface area contributed by atoms with Crippen molar-refractivity contribution in [2.45, 2.75) is 72.3 Å². The van der Waals surface area contributed by atoms with Gasteiger partial charge < -0.3 is 34.7 Å². The molecule has 4 aromatic carbocycles. The molecule has 0 aromatic heterocycles. The van der Waals surface area contributed by atoms with Crippen LogP contribution in [0.1, 0.15) is 96.7 Å². The number of hydrogen-bond donors (Lipinski definition) is 2. The van der Waals surface area contributed by atoms with Crippen molar-refractivity contribution in [2.24, 2.45) is 4.99 Å². The van der Waals surface area contributed by atoms with Crippen molar-refractivity contribution in [1.29, 1.82) is 0 Å². The number of nitrogen functional groups attached to an aromatic ring is 1. The molecule has 308 valence electrons. The minimum Gasteiger partial charge on any atom is -0.508 e. The van der Waals surface area contributed by atoms with E-state index in [1.165, 1.54) is 12.5 Å². The third-order valence-corrected chi connectivity index (χ3v) is 10.3. The van der Waals surface area contributed by atoms with Crippen LogP contribution in [0.4, 0.5) is 11.4 Å². The predicted octanol–water partition coefficient (Wildman–Crippen LogP) is 10.7. The molecule has 0 saturated carbocycles. The van der Waals surface area contributed by atoms with E-state index in [2.05, 4.69) is 23.5 Å². The van der Waals surface area contributed by atoms with E-state index in [1.807, 2.05) is 69.4 Å². The first-order valence-electron chi connectivity index (χ1n) is 19.9. The molecule has 1 atom stereocenters. The summed E-state index contributed by atoms with van der Waals surface area (Å²) >= 11 is 0. The fourth-order valence-electron chi connectivity index (χ4n) is 6.84. The van der Waals surface area contributed by atoms with Crippen molar-refractivity contribution in [1.82, 2.24) is 4.90 Å². The van der Waals surface area contributed by atoms with Gasteiger partial charge in [0, 0.05) is 29.1 Å². The lowest BCUT2D eigenvalue weighted by Gasteiger charge is -2.22. The van der Waals surface area contributed by atoms with Gasteiger partial charge in [-0.3, -0.25) is 9.59 Å². The highest BCUT2D eigenvalue weighted by molar-refractivity contribution is 6.00. The molecule has 0 spiro atoms. The molecule has 1 amide bonds. The van der Waals surface area contributed by atoms with E-state index in [1.54, 1.807) is 55.5 Å². The van der Waals surface area contributed by atoms with Crippen LogP contribution in [0, 0.1) is 6.92 Å².